The van der Waals surface area contributed by atoms with Crippen LogP contribution in [-0.4, -0.2) is 48.5 Å². The Morgan fingerprint density at radius 2 is 2.20 bits per heavy atom. The highest BCUT2D eigenvalue weighted by Gasteiger charge is 2.30. The Hall–Kier alpha value is -1.46. The maximum absolute atomic E-state index is 12.8. The summed E-state index contributed by atoms with van der Waals surface area (Å²) in [6.45, 7) is 7.07. The minimum absolute atomic E-state index is 0.343. The highest BCUT2D eigenvalue weighted by molar-refractivity contribution is 7.18. The summed E-state index contributed by atoms with van der Waals surface area (Å²) in [5.74, 6) is 1.51. The Morgan fingerprint density at radius 3 is 3.04 bits per heavy atom. The second kappa shape index (κ2) is 7.42. The number of rotatable bonds is 3. The summed E-state index contributed by atoms with van der Waals surface area (Å²) < 4.78 is 1.26. The summed E-state index contributed by atoms with van der Waals surface area (Å²) in [5.41, 5.74) is 1.10. The van der Waals surface area contributed by atoms with Crippen LogP contribution in [0.25, 0.3) is 10.2 Å². The largest absolute Gasteiger partial charge is 0.337 e. The first-order valence-electron chi connectivity index (χ1n) is 9.66. The van der Waals surface area contributed by atoms with E-state index in [1.807, 2.05) is 6.07 Å². The van der Waals surface area contributed by atoms with E-state index in [0.29, 0.717) is 18.4 Å². The Bertz CT molecular complexity index is 710. The number of quaternary nitrogens is 1. The minimum atomic E-state index is 0.343. The van der Waals surface area contributed by atoms with Crippen LogP contribution in [0.1, 0.15) is 43.5 Å². The maximum Gasteiger partial charge on any atom is 0.277 e. The lowest BCUT2D eigenvalue weighted by Gasteiger charge is -2.34. The zero-order valence-electron chi connectivity index (χ0n) is 15.0. The number of piperidine rings is 2. The van der Waals surface area contributed by atoms with Crippen LogP contribution >= 0.6 is 11.3 Å². The molecule has 2 saturated heterocycles. The van der Waals surface area contributed by atoms with E-state index in [-0.39, 0.29) is 0 Å². The van der Waals surface area contributed by atoms with Crippen molar-refractivity contribution in [2.45, 2.75) is 38.5 Å². The molecule has 3 atom stereocenters. The molecule has 2 fully saturated rings. The number of aromatic nitrogens is 1. The molecule has 0 spiro atoms. The van der Waals surface area contributed by atoms with E-state index < -0.39 is 0 Å². The molecule has 3 heterocycles. The second-order valence-corrected chi connectivity index (χ2v) is 8.89. The molecule has 0 aliphatic carbocycles. The number of amides is 1. The number of hydrogen-bond donors (Lipinski definition) is 1. The molecule has 1 N–H and O–H groups in total. The molecule has 4 rings (SSSR count). The number of carbonyl (C=O) groups is 1. The van der Waals surface area contributed by atoms with Gasteiger partial charge in [-0.25, -0.2) is 4.98 Å². The van der Waals surface area contributed by atoms with E-state index in [9.17, 15) is 4.79 Å². The zero-order chi connectivity index (χ0) is 17.2. The van der Waals surface area contributed by atoms with Crippen molar-refractivity contribution in [2.24, 2.45) is 5.92 Å². The molecule has 2 aromatic rings. The molecule has 1 aromatic heterocycles. The molecule has 2 aliphatic heterocycles. The van der Waals surface area contributed by atoms with Crippen LogP contribution in [0.5, 0.6) is 0 Å². The first kappa shape index (κ1) is 17.0. The van der Waals surface area contributed by atoms with Crippen molar-refractivity contribution in [3.05, 3.63) is 29.3 Å². The number of carbonyl (C=O) groups excluding carboxylic acids is 1. The van der Waals surface area contributed by atoms with Crippen LogP contribution in [0.3, 0.4) is 0 Å². The monoisotopic (exact) mass is 358 g/mol. The van der Waals surface area contributed by atoms with Crippen molar-refractivity contribution in [3.8, 4) is 0 Å². The van der Waals surface area contributed by atoms with Gasteiger partial charge in [0.2, 0.25) is 0 Å². The molecule has 1 aromatic carbocycles. The van der Waals surface area contributed by atoms with E-state index in [1.165, 1.54) is 27.4 Å². The van der Waals surface area contributed by atoms with Crippen molar-refractivity contribution in [1.82, 2.24) is 9.88 Å². The predicted molar refractivity (Wildman–Crippen MR) is 102 cm³/mol. The van der Waals surface area contributed by atoms with Crippen LogP contribution in [0.4, 0.5) is 0 Å². The first-order chi connectivity index (χ1) is 12.2. The number of thiazole rings is 1. The normalized spacial score (nSPS) is 27.6. The highest BCUT2D eigenvalue weighted by Crippen LogP contribution is 2.32. The number of nitrogens with zero attached hydrogens (tertiary/aromatic N) is 2. The molecule has 2 aliphatic rings. The number of para-hydroxylation sites is 1. The second-order valence-electron chi connectivity index (χ2n) is 7.83. The Kier molecular flexibility index (Phi) is 5.04. The lowest BCUT2D eigenvalue weighted by Crippen LogP contribution is -3.14. The van der Waals surface area contributed by atoms with E-state index in [2.05, 4.69) is 30.0 Å². The van der Waals surface area contributed by atoms with Gasteiger partial charge >= 0.3 is 0 Å². The molecule has 25 heavy (non-hydrogen) atoms. The van der Waals surface area contributed by atoms with Crippen LogP contribution in [0.2, 0.25) is 0 Å². The summed E-state index contributed by atoms with van der Waals surface area (Å²) in [5, 5.41) is 1.21. The molecular formula is C20H28N3OS+. The van der Waals surface area contributed by atoms with Crippen molar-refractivity contribution < 1.29 is 9.69 Å². The molecule has 1 amide bonds. The van der Waals surface area contributed by atoms with Gasteiger partial charge in [-0.15, -0.1) is 11.3 Å². The molecule has 134 valence electrons. The van der Waals surface area contributed by atoms with Gasteiger partial charge < -0.3 is 9.80 Å². The lowest BCUT2D eigenvalue weighted by atomic mass is 9.98. The molecule has 4 nitrogen and oxygen atoms in total. The average molecular weight is 359 g/mol. The van der Waals surface area contributed by atoms with Crippen molar-refractivity contribution in [3.63, 3.8) is 0 Å². The van der Waals surface area contributed by atoms with Gasteiger partial charge in [-0.3, -0.25) is 4.79 Å². The van der Waals surface area contributed by atoms with Crippen LogP contribution in [0.15, 0.2) is 24.3 Å². The van der Waals surface area contributed by atoms with E-state index >= 15 is 0 Å². The summed E-state index contributed by atoms with van der Waals surface area (Å²) in [6, 6.07) is 8.35. The van der Waals surface area contributed by atoms with Gasteiger partial charge in [0, 0.05) is 24.9 Å². The summed E-state index contributed by atoms with van der Waals surface area (Å²) in [7, 11) is 0. The van der Waals surface area contributed by atoms with E-state index in [4.69, 9.17) is 4.98 Å². The number of likely N-dealkylation sites (tertiary alicyclic amines) is 2. The van der Waals surface area contributed by atoms with Crippen molar-refractivity contribution in [2.75, 3.05) is 32.7 Å². The molecule has 1 unspecified atom stereocenters. The quantitative estimate of drug-likeness (QED) is 0.914. The molecular weight excluding hydrogens is 330 g/mol. The first-order valence-corrected chi connectivity index (χ1v) is 10.5. The van der Waals surface area contributed by atoms with Crippen LogP contribution < -0.4 is 4.90 Å². The van der Waals surface area contributed by atoms with Crippen molar-refractivity contribution in [1.29, 1.82) is 0 Å². The SMILES string of the molecule is C[C@@H]1CCC[NH+](CC(=O)N2CCC[C@H](c3nc4ccccc4s3)C2)C1. The number of benzene rings is 1. The van der Waals surface area contributed by atoms with E-state index in [0.717, 1.165) is 50.5 Å². The third-order valence-corrected chi connectivity index (χ3v) is 6.90. The molecule has 0 saturated carbocycles. The topological polar surface area (TPSA) is 37.6 Å². The Balaban J connectivity index is 1.40. The minimum Gasteiger partial charge on any atom is -0.337 e. The lowest BCUT2D eigenvalue weighted by molar-refractivity contribution is -0.900. The van der Waals surface area contributed by atoms with Gasteiger partial charge in [0.1, 0.15) is 0 Å². The third-order valence-electron chi connectivity index (χ3n) is 5.70. The van der Waals surface area contributed by atoms with Gasteiger partial charge in [-0.1, -0.05) is 19.1 Å². The fourth-order valence-corrected chi connectivity index (χ4v) is 5.45. The number of fused-ring (bicyclic) bond motifs is 1. The van der Waals surface area contributed by atoms with E-state index in [1.54, 1.807) is 11.3 Å². The summed E-state index contributed by atoms with van der Waals surface area (Å²) in [4.78, 5) is 21.2. The predicted octanol–water partition coefficient (Wildman–Crippen LogP) is 2.32. The number of hydrogen-bond acceptors (Lipinski definition) is 3. The zero-order valence-corrected chi connectivity index (χ0v) is 15.9. The summed E-state index contributed by atoms with van der Waals surface area (Å²) >= 11 is 1.80. The molecule has 0 radical (unpaired) electrons. The highest BCUT2D eigenvalue weighted by atomic mass is 32.1. The smallest absolute Gasteiger partial charge is 0.277 e. The number of nitrogens with one attached hydrogen (secondary N) is 1. The summed E-state index contributed by atoms with van der Waals surface area (Å²) in [6.07, 6.45) is 4.83. The Labute approximate surface area is 153 Å². The fraction of sp³-hybridized carbons (Fsp3) is 0.600. The van der Waals surface area contributed by atoms with Gasteiger partial charge in [0.15, 0.2) is 6.54 Å². The Morgan fingerprint density at radius 1 is 1.32 bits per heavy atom. The fourth-order valence-electron chi connectivity index (χ4n) is 4.35. The van der Waals surface area contributed by atoms with Crippen molar-refractivity contribution >= 4 is 27.5 Å². The average Bonchev–Trinajstić information content (AvgIpc) is 3.06. The molecule has 0 bridgehead atoms. The van der Waals surface area contributed by atoms with Crippen LogP contribution in [-0.2, 0) is 4.79 Å². The van der Waals surface area contributed by atoms with Gasteiger partial charge in [-0.05, 0) is 37.8 Å². The van der Waals surface area contributed by atoms with Gasteiger partial charge in [-0.2, -0.15) is 0 Å². The van der Waals surface area contributed by atoms with Gasteiger partial charge in [0.25, 0.3) is 5.91 Å². The van der Waals surface area contributed by atoms with Gasteiger partial charge in [0.05, 0.1) is 28.3 Å². The third kappa shape index (κ3) is 3.87. The standard InChI is InChI=1S/C20H27N3OS/c1-15-6-4-10-22(12-15)14-19(24)23-11-5-7-16(13-23)20-21-17-8-2-3-9-18(17)25-20/h2-3,8-9,15-16H,4-7,10-14H2,1H3/p+1/t15-,16+/m1/s1. The van der Waals surface area contributed by atoms with Crippen LogP contribution in [0, 0.1) is 5.92 Å². The maximum atomic E-state index is 12.8. The molecule has 5 heteroatoms.